The highest BCUT2D eigenvalue weighted by molar-refractivity contribution is 5.22. The lowest BCUT2D eigenvalue weighted by atomic mass is 9.99. The van der Waals surface area contributed by atoms with E-state index in [2.05, 4.69) is 77.8 Å². The number of nitrogens with one attached hydrogen (secondary N) is 1. The smallest absolute Gasteiger partial charge is 0.0476 e. The molecule has 1 heterocycles. The summed E-state index contributed by atoms with van der Waals surface area (Å²) in [5, 5.41) is 3.69. The van der Waals surface area contributed by atoms with Crippen molar-refractivity contribution in [2.45, 2.75) is 32.0 Å². The van der Waals surface area contributed by atoms with Gasteiger partial charge in [0.2, 0.25) is 0 Å². The molecule has 2 aromatic rings. The number of nitrogens with zero attached hydrogens (tertiary/aromatic N) is 1. The quantitative estimate of drug-likeness (QED) is 0.920. The zero-order valence-electron chi connectivity index (χ0n) is 12.7. The molecule has 110 valence electrons. The molecule has 0 aromatic heterocycles. The minimum absolute atomic E-state index is 0.467. The first-order valence-electron chi connectivity index (χ1n) is 7.93. The summed E-state index contributed by atoms with van der Waals surface area (Å²) in [6.07, 6.45) is 1.19. The van der Waals surface area contributed by atoms with Gasteiger partial charge in [-0.3, -0.25) is 4.90 Å². The Balaban J connectivity index is 1.80. The summed E-state index contributed by atoms with van der Waals surface area (Å²) >= 11 is 0. The molecule has 2 heteroatoms. The Morgan fingerprint density at radius 2 is 1.67 bits per heavy atom. The minimum atomic E-state index is 0.467. The number of piperazine rings is 1. The molecule has 0 saturated carbocycles. The van der Waals surface area contributed by atoms with Crippen LogP contribution >= 0.6 is 0 Å². The number of rotatable bonds is 4. The molecule has 0 radical (unpaired) electrons. The van der Waals surface area contributed by atoms with E-state index in [4.69, 9.17) is 0 Å². The number of hydrogen-bond acceptors (Lipinski definition) is 2. The lowest BCUT2D eigenvalue weighted by molar-refractivity contribution is 0.121. The van der Waals surface area contributed by atoms with Crippen LogP contribution in [0.3, 0.4) is 0 Å². The fourth-order valence-corrected chi connectivity index (χ4v) is 3.15. The van der Waals surface area contributed by atoms with Crippen molar-refractivity contribution in [1.82, 2.24) is 10.2 Å². The molecule has 2 unspecified atom stereocenters. The fourth-order valence-electron chi connectivity index (χ4n) is 3.15. The molecule has 1 N–H and O–H groups in total. The molecule has 2 aromatic carbocycles. The van der Waals surface area contributed by atoms with E-state index in [1.807, 2.05) is 0 Å². The summed E-state index contributed by atoms with van der Waals surface area (Å²) in [6.45, 7) is 5.44. The predicted octanol–water partition coefficient (Wildman–Crippen LogP) is 3.61. The maximum atomic E-state index is 3.69. The zero-order chi connectivity index (χ0) is 14.5. The third kappa shape index (κ3) is 3.52. The molecule has 0 aliphatic carbocycles. The van der Waals surface area contributed by atoms with Crippen LogP contribution in [-0.2, 0) is 6.54 Å². The maximum absolute atomic E-state index is 3.69. The summed E-state index contributed by atoms with van der Waals surface area (Å²) in [6, 6.07) is 22.7. The van der Waals surface area contributed by atoms with Gasteiger partial charge in [-0.1, -0.05) is 67.6 Å². The van der Waals surface area contributed by atoms with Gasteiger partial charge >= 0.3 is 0 Å². The molecule has 1 fully saturated rings. The Morgan fingerprint density at radius 3 is 2.33 bits per heavy atom. The number of hydrogen-bond donors (Lipinski definition) is 1. The van der Waals surface area contributed by atoms with Crippen molar-refractivity contribution in [1.29, 1.82) is 0 Å². The van der Waals surface area contributed by atoms with Gasteiger partial charge < -0.3 is 5.32 Å². The van der Waals surface area contributed by atoms with E-state index in [-0.39, 0.29) is 0 Å². The molecule has 1 saturated heterocycles. The van der Waals surface area contributed by atoms with Crippen LogP contribution in [0.1, 0.15) is 30.5 Å². The van der Waals surface area contributed by atoms with Crippen molar-refractivity contribution in [2.75, 3.05) is 13.1 Å². The first kappa shape index (κ1) is 14.3. The second-order valence-electron chi connectivity index (χ2n) is 5.85. The van der Waals surface area contributed by atoms with Crippen molar-refractivity contribution in [3.8, 4) is 0 Å². The van der Waals surface area contributed by atoms with Crippen LogP contribution in [0, 0.1) is 0 Å². The Bertz CT molecular complexity index is 538. The van der Waals surface area contributed by atoms with Crippen LogP contribution in [0.2, 0.25) is 0 Å². The second kappa shape index (κ2) is 6.88. The van der Waals surface area contributed by atoms with Gasteiger partial charge in [-0.2, -0.15) is 0 Å². The Hall–Kier alpha value is -1.64. The lowest BCUT2D eigenvalue weighted by Gasteiger charge is -2.40. The third-order valence-corrected chi connectivity index (χ3v) is 4.40. The van der Waals surface area contributed by atoms with Crippen LogP contribution in [-0.4, -0.2) is 24.0 Å². The van der Waals surface area contributed by atoms with E-state index in [0.29, 0.717) is 12.1 Å². The summed E-state index contributed by atoms with van der Waals surface area (Å²) in [7, 11) is 0. The molecule has 0 amide bonds. The van der Waals surface area contributed by atoms with Crippen LogP contribution in [0.25, 0.3) is 0 Å². The first-order chi connectivity index (χ1) is 10.4. The van der Waals surface area contributed by atoms with Crippen molar-refractivity contribution in [2.24, 2.45) is 0 Å². The maximum Gasteiger partial charge on any atom is 0.0476 e. The summed E-state index contributed by atoms with van der Waals surface area (Å²) < 4.78 is 0. The lowest BCUT2D eigenvalue weighted by Crippen LogP contribution is -2.51. The average molecular weight is 280 g/mol. The molecule has 0 bridgehead atoms. The third-order valence-electron chi connectivity index (χ3n) is 4.40. The minimum Gasteiger partial charge on any atom is -0.311 e. The van der Waals surface area contributed by atoms with Gasteiger partial charge in [0.05, 0.1) is 0 Å². The van der Waals surface area contributed by atoms with Crippen LogP contribution < -0.4 is 5.32 Å². The van der Waals surface area contributed by atoms with Crippen molar-refractivity contribution in [3.63, 3.8) is 0 Å². The van der Waals surface area contributed by atoms with Crippen LogP contribution in [0.5, 0.6) is 0 Å². The molecule has 1 aliphatic heterocycles. The SMILES string of the molecule is CCC1CN(Cc2ccccc2)C(c2ccccc2)CN1. The van der Waals surface area contributed by atoms with E-state index >= 15 is 0 Å². The van der Waals surface area contributed by atoms with Gasteiger partial charge in [-0.05, 0) is 17.5 Å². The molecule has 0 spiro atoms. The van der Waals surface area contributed by atoms with Gasteiger partial charge in [-0.25, -0.2) is 0 Å². The van der Waals surface area contributed by atoms with Gasteiger partial charge in [0.1, 0.15) is 0 Å². The Labute approximate surface area is 127 Å². The fraction of sp³-hybridized carbons (Fsp3) is 0.368. The largest absolute Gasteiger partial charge is 0.311 e. The molecule has 3 rings (SSSR count). The second-order valence-corrected chi connectivity index (χ2v) is 5.85. The van der Waals surface area contributed by atoms with Crippen LogP contribution in [0.4, 0.5) is 0 Å². The zero-order valence-corrected chi connectivity index (χ0v) is 12.7. The highest BCUT2D eigenvalue weighted by atomic mass is 15.2. The highest BCUT2D eigenvalue weighted by Gasteiger charge is 2.27. The van der Waals surface area contributed by atoms with Gasteiger partial charge in [0.15, 0.2) is 0 Å². The average Bonchev–Trinajstić information content (AvgIpc) is 2.56. The van der Waals surface area contributed by atoms with Gasteiger partial charge in [-0.15, -0.1) is 0 Å². The molecule has 21 heavy (non-hydrogen) atoms. The molecule has 2 atom stereocenters. The molecular formula is C19H24N2. The Morgan fingerprint density at radius 1 is 1.00 bits per heavy atom. The first-order valence-corrected chi connectivity index (χ1v) is 7.93. The van der Waals surface area contributed by atoms with E-state index < -0.39 is 0 Å². The van der Waals surface area contributed by atoms with E-state index in [1.54, 1.807) is 0 Å². The van der Waals surface area contributed by atoms with E-state index in [1.165, 1.54) is 17.5 Å². The van der Waals surface area contributed by atoms with Crippen molar-refractivity contribution in [3.05, 3.63) is 71.8 Å². The molecule has 1 aliphatic rings. The summed E-state index contributed by atoms with van der Waals surface area (Å²) in [5.74, 6) is 0. The standard InChI is InChI=1S/C19H24N2/c1-2-18-15-21(14-16-9-5-3-6-10-16)19(13-20-18)17-11-7-4-8-12-17/h3-12,18-20H,2,13-15H2,1H3. The highest BCUT2D eigenvalue weighted by Crippen LogP contribution is 2.26. The van der Waals surface area contributed by atoms with Gasteiger partial charge in [0, 0.05) is 31.7 Å². The number of benzene rings is 2. The van der Waals surface area contributed by atoms with Crippen molar-refractivity contribution >= 4 is 0 Å². The topological polar surface area (TPSA) is 15.3 Å². The monoisotopic (exact) mass is 280 g/mol. The molecule has 2 nitrogen and oxygen atoms in total. The van der Waals surface area contributed by atoms with E-state index in [9.17, 15) is 0 Å². The summed E-state index contributed by atoms with van der Waals surface area (Å²) in [4.78, 5) is 2.62. The van der Waals surface area contributed by atoms with E-state index in [0.717, 1.165) is 19.6 Å². The predicted molar refractivity (Wildman–Crippen MR) is 88.1 cm³/mol. The summed E-state index contributed by atoms with van der Waals surface area (Å²) in [5.41, 5.74) is 2.81. The van der Waals surface area contributed by atoms with Crippen molar-refractivity contribution < 1.29 is 0 Å². The Kier molecular flexibility index (Phi) is 4.69. The van der Waals surface area contributed by atoms with Gasteiger partial charge in [0.25, 0.3) is 0 Å². The molecular weight excluding hydrogens is 256 g/mol. The van der Waals surface area contributed by atoms with Crippen LogP contribution in [0.15, 0.2) is 60.7 Å². The normalized spacial score (nSPS) is 23.1.